The van der Waals surface area contributed by atoms with Crippen molar-refractivity contribution in [2.75, 3.05) is 0 Å². The quantitative estimate of drug-likeness (QED) is 0.240. The molecule has 0 fully saturated rings. The molecule has 13 heteroatoms. The van der Waals surface area contributed by atoms with Gasteiger partial charge in [0.25, 0.3) is 0 Å². The van der Waals surface area contributed by atoms with Crippen molar-refractivity contribution in [3.8, 4) is 0 Å². The predicted molar refractivity (Wildman–Crippen MR) is 36.1 cm³/mol. The van der Waals surface area contributed by atoms with Crippen molar-refractivity contribution in [1.29, 1.82) is 0 Å². The zero-order valence-corrected chi connectivity index (χ0v) is 11.3. The Labute approximate surface area is 121 Å². The second-order valence-corrected chi connectivity index (χ2v) is 2.45. The van der Waals surface area contributed by atoms with E-state index < -0.39 is 20.8 Å². The molecule has 72 valence electrons. The first kappa shape index (κ1) is 29.3. The summed E-state index contributed by atoms with van der Waals surface area (Å²) < 4.78 is 68.2. The molecule has 0 heterocycles. The molecule has 0 unspecified atom stereocenters. The summed E-state index contributed by atoms with van der Waals surface area (Å²) in [5.74, 6) is 0. The summed E-state index contributed by atoms with van der Waals surface area (Å²) in [4.78, 5) is 0. The van der Waals surface area contributed by atoms with Crippen LogP contribution in [0.3, 0.4) is 0 Å². The van der Waals surface area contributed by atoms with Gasteiger partial charge in [0.2, 0.25) is 0 Å². The van der Waals surface area contributed by atoms with Gasteiger partial charge < -0.3 is 23.7 Å². The molecule has 0 aliphatic heterocycles. The minimum atomic E-state index is -5.17. The fraction of sp³-hybridized carbons (Fsp3) is 0. The Morgan fingerprint density at radius 2 is 0.692 bits per heavy atom. The van der Waals surface area contributed by atoms with Crippen molar-refractivity contribution in [2.45, 2.75) is 0 Å². The second-order valence-electron chi connectivity index (χ2n) is 0.816. The Hall–Kier alpha value is 1.73. The molecule has 0 saturated carbocycles. The summed E-state index contributed by atoms with van der Waals surface area (Å²) in [5, 5.41) is 0. The molecule has 0 rings (SSSR count). The molecule has 0 atom stereocenters. The van der Waals surface area contributed by atoms with E-state index in [2.05, 4.69) is 0 Å². The van der Waals surface area contributed by atoms with Crippen LogP contribution < -0.4 is 0 Å². The standard InChI is InChI=1S/Ca.Mg.2H2O4S.H2O/c;;2*1-5(2,3)4;/h;;2*(H2,1,2,3,4);1H2/q2*+2;;;/p-4. The molecule has 0 bridgehead atoms. The molecule has 0 aliphatic rings. The normalized spacial score (nSPS) is 8.92. The summed E-state index contributed by atoms with van der Waals surface area (Å²) in [7, 11) is -10.3. The van der Waals surface area contributed by atoms with E-state index >= 15 is 0 Å². The van der Waals surface area contributed by atoms with Gasteiger partial charge in [0, 0.05) is 20.8 Å². The van der Waals surface area contributed by atoms with Gasteiger partial charge in [0.1, 0.15) is 0 Å². The monoisotopic (exact) mass is 274 g/mol. The minimum absolute atomic E-state index is 0. The maximum atomic E-state index is 8.52. The van der Waals surface area contributed by atoms with Crippen molar-refractivity contribution in [1.82, 2.24) is 0 Å². The Kier molecular flexibility index (Phi) is 26.6. The van der Waals surface area contributed by atoms with Crippen LogP contribution >= 0.6 is 0 Å². The van der Waals surface area contributed by atoms with E-state index in [1.807, 2.05) is 0 Å². The van der Waals surface area contributed by atoms with Crippen LogP contribution in [-0.4, -0.2) is 101 Å². The number of hydrogen-bond donors (Lipinski definition) is 0. The van der Waals surface area contributed by atoms with Crippen LogP contribution in [0.15, 0.2) is 0 Å². The van der Waals surface area contributed by atoms with Crippen molar-refractivity contribution >= 4 is 81.6 Å². The topological polar surface area (TPSA) is 192 Å². The van der Waals surface area contributed by atoms with Gasteiger partial charge in [0.15, 0.2) is 0 Å². The van der Waals surface area contributed by atoms with Crippen LogP contribution in [0.25, 0.3) is 0 Å². The smallest absolute Gasteiger partial charge is 0.759 e. The van der Waals surface area contributed by atoms with Crippen LogP contribution in [0.2, 0.25) is 0 Å². The summed E-state index contributed by atoms with van der Waals surface area (Å²) in [5.41, 5.74) is 0. The van der Waals surface area contributed by atoms with Gasteiger partial charge in [-0.1, -0.05) is 0 Å². The molecule has 0 saturated heterocycles. The molecule has 0 radical (unpaired) electrons. The van der Waals surface area contributed by atoms with Gasteiger partial charge in [-0.25, -0.2) is 0 Å². The van der Waals surface area contributed by atoms with E-state index in [1.165, 1.54) is 0 Å². The van der Waals surface area contributed by atoms with E-state index in [1.54, 1.807) is 0 Å². The van der Waals surface area contributed by atoms with Crippen LogP contribution in [0.1, 0.15) is 0 Å². The SMILES string of the molecule is O.O=S(=O)([O-])[O-].O=S(=O)([O-])[O-].[Ca+2].[Mg+2]. The van der Waals surface area contributed by atoms with Crippen LogP contribution in [0, 0.1) is 0 Å². The molecule has 9 nitrogen and oxygen atoms in total. The molecular weight excluding hydrogens is 273 g/mol. The molecule has 0 aliphatic carbocycles. The first-order valence-corrected chi connectivity index (χ1v) is 4.00. The van der Waals surface area contributed by atoms with Gasteiger partial charge in [-0.05, 0) is 0 Å². The summed E-state index contributed by atoms with van der Waals surface area (Å²) in [6.45, 7) is 0. The van der Waals surface area contributed by atoms with Gasteiger partial charge in [0.05, 0.1) is 0 Å². The molecule has 0 aromatic heterocycles. The third kappa shape index (κ3) is 634. The van der Waals surface area contributed by atoms with Gasteiger partial charge in [-0.2, -0.15) is 0 Å². The van der Waals surface area contributed by atoms with E-state index in [0.717, 1.165) is 0 Å². The van der Waals surface area contributed by atoms with Crippen LogP contribution in [-0.2, 0) is 20.8 Å². The predicted octanol–water partition coefficient (Wildman–Crippen LogP) is -4.26. The maximum Gasteiger partial charge on any atom is 2.00 e. The van der Waals surface area contributed by atoms with Gasteiger partial charge >= 0.3 is 60.8 Å². The molecule has 0 spiro atoms. The van der Waals surface area contributed by atoms with Crippen LogP contribution in [0.5, 0.6) is 0 Å². The Morgan fingerprint density at radius 1 is 0.692 bits per heavy atom. The first-order valence-electron chi connectivity index (χ1n) is 1.33. The number of hydrogen-bond acceptors (Lipinski definition) is 8. The zero-order valence-electron chi connectivity index (χ0n) is 6.00. The van der Waals surface area contributed by atoms with E-state index in [4.69, 9.17) is 35.0 Å². The van der Waals surface area contributed by atoms with Crippen molar-refractivity contribution < 1.29 is 40.5 Å². The molecule has 0 aromatic rings. The van der Waals surface area contributed by atoms with Crippen LogP contribution in [0.4, 0.5) is 0 Å². The van der Waals surface area contributed by atoms with Crippen molar-refractivity contribution in [3.63, 3.8) is 0 Å². The second kappa shape index (κ2) is 11.8. The third-order valence-electron chi connectivity index (χ3n) is 0. The maximum absolute atomic E-state index is 8.52. The molecular formula is H2CaMgO9S2. The summed E-state index contributed by atoms with van der Waals surface area (Å²) in [6.07, 6.45) is 0. The Morgan fingerprint density at radius 3 is 0.692 bits per heavy atom. The van der Waals surface area contributed by atoms with E-state index in [0.29, 0.717) is 0 Å². The average Bonchev–Trinajstić information content (AvgIpc) is 1.12. The Balaban J connectivity index is -0.0000000267. The van der Waals surface area contributed by atoms with Gasteiger partial charge in [-0.3, -0.25) is 16.8 Å². The fourth-order valence-corrected chi connectivity index (χ4v) is 0. The van der Waals surface area contributed by atoms with Crippen molar-refractivity contribution in [3.05, 3.63) is 0 Å². The number of rotatable bonds is 0. The molecule has 2 N–H and O–H groups in total. The minimum Gasteiger partial charge on any atom is -0.759 e. The summed E-state index contributed by atoms with van der Waals surface area (Å²) in [6, 6.07) is 0. The molecule has 0 aromatic carbocycles. The Bertz CT molecular complexity index is 214. The summed E-state index contributed by atoms with van der Waals surface area (Å²) >= 11 is 0. The zero-order chi connectivity index (χ0) is 9.00. The van der Waals surface area contributed by atoms with E-state index in [9.17, 15) is 0 Å². The fourth-order valence-electron chi connectivity index (χ4n) is 0. The molecule has 13 heavy (non-hydrogen) atoms. The van der Waals surface area contributed by atoms with Crippen molar-refractivity contribution in [2.24, 2.45) is 0 Å². The average molecular weight is 275 g/mol. The molecule has 0 amide bonds. The largest absolute Gasteiger partial charge is 2.00 e. The third-order valence-corrected chi connectivity index (χ3v) is 0. The van der Waals surface area contributed by atoms with Gasteiger partial charge in [-0.15, -0.1) is 0 Å². The first-order chi connectivity index (χ1) is 4.00. The van der Waals surface area contributed by atoms with E-state index in [-0.39, 0.29) is 66.3 Å².